The highest BCUT2D eigenvalue weighted by atomic mass is 16.6. The summed E-state index contributed by atoms with van der Waals surface area (Å²) in [5.74, 6) is -0.728. The van der Waals surface area contributed by atoms with E-state index >= 15 is 0 Å². The fraction of sp³-hybridized carbons (Fsp3) is 0.686. The van der Waals surface area contributed by atoms with Crippen molar-refractivity contribution in [2.24, 2.45) is 0 Å². The van der Waals surface area contributed by atoms with E-state index in [1.807, 2.05) is 12.2 Å². The van der Waals surface area contributed by atoms with Crippen LogP contribution in [0.1, 0.15) is 206 Å². The van der Waals surface area contributed by atoms with Crippen molar-refractivity contribution in [1.82, 2.24) is 0 Å². The van der Waals surface area contributed by atoms with Crippen molar-refractivity contribution in [3.8, 4) is 0 Å². The molecular weight excluding hydrogens is 693 g/mol. The fourth-order valence-corrected chi connectivity index (χ4v) is 6.23. The lowest BCUT2D eigenvalue weighted by Gasteiger charge is -2.15. The molecule has 5 heteroatoms. The van der Waals surface area contributed by atoms with Crippen molar-refractivity contribution in [3.63, 3.8) is 0 Å². The van der Waals surface area contributed by atoms with Crippen molar-refractivity contribution >= 4 is 11.9 Å². The minimum atomic E-state index is -0.822. The van der Waals surface area contributed by atoms with Crippen molar-refractivity contribution in [3.05, 3.63) is 85.1 Å². The first-order valence-corrected chi connectivity index (χ1v) is 23.1. The van der Waals surface area contributed by atoms with Gasteiger partial charge in [-0.2, -0.15) is 0 Å². The predicted molar refractivity (Wildman–Crippen MR) is 242 cm³/mol. The first-order chi connectivity index (χ1) is 27.6. The molecule has 0 spiro atoms. The number of hydrogen-bond donors (Lipinski definition) is 1. The van der Waals surface area contributed by atoms with Gasteiger partial charge in [0.15, 0.2) is 6.10 Å². The number of allylic oxidation sites excluding steroid dienone is 14. The first-order valence-electron chi connectivity index (χ1n) is 23.1. The van der Waals surface area contributed by atoms with Crippen molar-refractivity contribution in [2.45, 2.75) is 213 Å². The molecule has 0 saturated carbocycles. The minimum Gasteiger partial charge on any atom is -0.462 e. The molecule has 0 aromatic rings. The van der Waals surface area contributed by atoms with E-state index in [-0.39, 0.29) is 38.0 Å². The predicted octanol–water partition coefficient (Wildman–Crippen LogP) is 15.1. The monoisotopic (exact) mass is 779 g/mol. The van der Waals surface area contributed by atoms with Crippen LogP contribution in [0.3, 0.4) is 0 Å². The number of ether oxygens (including phenoxy) is 2. The third-order valence-electron chi connectivity index (χ3n) is 9.69. The Labute approximate surface area is 346 Å². The van der Waals surface area contributed by atoms with E-state index in [9.17, 15) is 14.7 Å². The fourth-order valence-electron chi connectivity index (χ4n) is 6.23. The molecule has 1 atom stereocenters. The molecule has 0 fully saturated rings. The van der Waals surface area contributed by atoms with Gasteiger partial charge in [-0.25, -0.2) is 0 Å². The lowest BCUT2D eigenvalue weighted by molar-refractivity contribution is -0.161. The molecule has 0 aliphatic rings. The molecule has 0 aliphatic heterocycles. The van der Waals surface area contributed by atoms with Gasteiger partial charge in [-0.15, -0.1) is 0 Å². The maximum Gasteiger partial charge on any atom is 0.306 e. The molecule has 0 aromatic carbocycles. The van der Waals surface area contributed by atoms with Crippen molar-refractivity contribution < 1.29 is 24.2 Å². The average Bonchev–Trinajstić information content (AvgIpc) is 3.20. The third-order valence-corrected chi connectivity index (χ3v) is 9.69. The van der Waals surface area contributed by atoms with E-state index in [4.69, 9.17) is 9.47 Å². The van der Waals surface area contributed by atoms with E-state index < -0.39 is 6.10 Å². The number of aliphatic hydroxyl groups is 1. The Morgan fingerprint density at radius 2 is 0.804 bits per heavy atom. The Morgan fingerprint density at radius 1 is 0.429 bits per heavy atom. The van der Waals surface area contributed by atoms with Crippen LogP contribution in [0.25, 0.3) is 0 Å². The second-order valence-electron chi connectivity index (χ2n) is 15.1. The Kier molecular flexibility index (Phi) is 44.0. The van der Waals surface area contributed by atoms with E-state index in [1.165, 1.54) is 116 Å². The summed E-state index contributed by atoms with van der Waals surface area (Å²) in [4.78, 5) is 24.3. The van der Waals surface area contributed by atoms with Gasteiger partial charge in [-0.05, 0) is 70.6 Å². The smallest absolute Gasteiger partial charge is 0.306 e. The highest BCUT2D eigenvalue weighted by molar-refractivity contribution is 5.70. The van der Waals surface area contributed by atoms with Gasteiger partial charge in [0.25, 0.3) is 0 Å². The van der Waals surface area contributed by atoms with Crippen LogP contribution in [-0.4, -0.2) is 36.4 Å². The quantitative estimate of drug-likeness (QED) is 0.0380. The molecule has 0 rings (SSSR count). The molecule has 0 amide bonds. The average molecular weight is 779 g/mol. The van der Waals surface area contributed by atoms with Gasteiger partial charge in [-0.1, -0.05) is 208 Å². The molecule has 0 unspecified atom stereocenters. The van der Waals surface area contributed by atoms with Gasteiger partial charge >= 0.3 is 11.9 Å². The van der Waals surface area contributed by atoms with Gasteiger partial charge in [0.2, 0.25) is 0 Å². The first kappa shape index (κ1) is 53.1. The van der Waals surface area contributed by atoms with Crippen molar-refractivity contribution in [1.29, 1.82) is 0 Å². The van der Waals surface area contributed by atoms with E-state index in [0.29, 0.717) is 12.8 Å². The summed E-state index contributed by atoms with van der Waals surface area (Å²) in [5.41, 5.74) is 0. The normalized spacial score (nSPS) is 13.0. The van der Waals surface area contributed by atoms with Crippen LogP contribution in [0.4, 0.5) is 0 Å². The Hall–Kier alpha value is -2.92. The van der Waals surface area contributed by atoms with Gasteiger partial charge < -0.3 is 14.6 Å². The van der Waals surface area contributed by atoms with E-state index in [1.54, 1.807) is 0 Å². The number of unbranched alkanes of at least 4 members (excludes halogenated alkanes) is 19. The third kappa shape index (κ3) is 43.8. The SMILES string of the molecule is CC/C=C/C/C=C/C/C=C/C/C=C/C/C=C/C/C=C/CCC(=O)OC[C@H](CO)OC(=O)CCC/C=C/CCCCCCCCCCCCCCCCCCCC. The number of rotatable bonds is 41. The Bertz CT molecular complexity index is 1060. The molecule has 0 heterocycles. The topological polar surface area (TPSA) is 72.8 Å². The zero-order valence-electron chi connectivity index (χ0n) is 36.4. The summed E-state index contributed by atoms with van der Waals surface area (Å²) in [5, 5.41) is 9.58. The van der Waals surface area contributed by atoms with Gasteiger partial charge in [0.1, 0.15) is 6.61 Å². The van der Waals surface area contributed by atoms with Crippen LogP contribution in [0, 0.1) is 0 Å². The summed E-state index contributed by atoms with van der Waals surface area (Å²) in [6.07, 6.45) is 64.0. The van der Waals surface area contributed by atoms with E-state index in [2.05, 4.69) is 86.8 Å². The zero-order valence-corrected chi connectivity index (χ0v) is 36.4. The largest absolute Gasteiger partial charge is 0.462 e. The molecule has 320 valence electrons. The summed E-state index contributed by atoms with van der Waals surface area (Å²) in [6, 6.07) is 0. The number of carbonyl (C=O) groups excluding carboxylic acids is 2. The van der Waals surface area contributed by atoms with Crippen LogP contribution in [0.5, 0.6) is 0 Å². The van der Waals surface area contributed by atoms with Crippen LogP contribution in [0.2, 0.25) is 0 Å². The molecular formula is C51H86O5. The molecule has 0 saturated heterocycles. The summed E-state index contributed by atoms with van der Waals surface area (Å²) in [7, 11) is 0. The number of carbonyl (C=O) groups is 2. The standard InChI is InChI=1S/C51H86O5/c1-3-5-7-9-11-13-15-17-19-21-23-24-25-26-28-30-32-34-36-38-40-42-44-46-51(54)56-49(47-52)48-55-50(53)45-43-41-39-37-35-33-31-29-27-22-20-18-16-14-12-10-8-6-4-2/h6,8,12,14,18,20,27,29,33,35,38-41,49,52H,3-5,7,9-11,13,15-17,19,21-26,28,30-32,34,36-37,42-48H2,1-2H3/b8-6+,14-12+,20-18+,29-27+,35-33+,40-38+,41-39+/t49-/m0/s1. The lowest BCUT2D eigenvalue weighted by Crippen LogP contribution is -2.28. The minimum absolute atomic E-state index is 0.121. The lowest BCUT2D eigenvalue weighted by atomic mass is 10.0. The van der Waals surface area contributed by atoms with Crippen molar-refractivity contribution in [2.75, 3.05) is 13.2 Å². The Balaban J connectivity index is 3.65. The maximum absolute atomic E-state index is 12.2. The van der Waals surface area contributed by atoms with Crippen LogP contribution in [0.15, 0.2) is 85.1 Å². The molecule has 0 radical (unpaired) electrons. The number of hydrogen-bond acceptors (Lipinski definition) is 5. The summed E-state index contributed by atoms with van der Waals surface area (Å²) in [6.45, 7) is 3.94. The maximum atomic E-state index is 12.2. The van der Waals surface area contributed by atoms with E-state index in [0.717, 1.165) is 51.4 Å². The highest BCUT2D eigenvalue weighted by Gasteiger charge is 2.15. The molecule has 5 nitrogen and oxygen atoms in total. The number of esters is 2. The summed E-state index contributed by atoms with van der Waals surface area (Å²) < 4.78 is 10.6. The second-order valence-corrected chi connectivity index (χ2v) is 15.1. The zero-order chi connectivity index (χ0) is 40.7. The molecule has 0 bridgehead atoms. The van der Waals surface area contributed by atoms with Crippen LogP contribution in [-0.2, 0) is 19.1 Å². The van der Waals surface area contributed by atoms with Crippen LogP contribution >= 0.6 is 0 Å². The van der Waals surface area contributed by atoms with Gasteiger partial charge in [-0.3, -0.25) is 9.59 Å². The number of aliphatic hydroxyl groups excluding tert-OH is 1. The highest BCUT2D eigenvalue weighted by Crippen LogP contribution is 2.15. The van der Waals surface area contributed by atoms with Gasteiger partial charge in [0.05, 0.1) is 6.61 Å². The molecule has 56 heavy (non-hydrogen) atoms. The molecule has 1 N–H and O–H groups in total. The molecule has 0 aromatic heterocycles. The summed E-state index contributed by atoms with van der Waals surface area (Å²) >= 11 is 0. The van der Waals surface area contributed by atoms with Crippen LogP contribution < -0.4 is 0 Å². The second kappa shape index (κ2) is 46.5. The van der Waals surface area contributed by atoms with Gasteiger partial charge in [0, 0.05) is 12.8 Å². The Morgan fingerprint density at radius 3 is 1.23 bits per heavy atom. The molecule has 0 aliphatic carbocycles.